The van der Waals surface area contributed by atoms with E-state index in [2.05, 4.69) is 37.4 Å². The second-order valence-electron chi connectivity index (χ2n) is 6.10. The van der Waals surface area contributed by atoms with Crippen LogP contribution in [0.1, 0.15) is 43.9 Å². The zero-order chi connectivity index (χ0) is 12.8. The molecule has 1 aromatic rings. The van der Waals surface area contributed by atoms with E-state index in [1.807, 2.05) is 0 Å². The number of nitrogens with two attached hydrogens (primary N) is 1. The summed E-state index contributed by atoms with van der Waals surface area (Å²) in [5.74, 6) is 1.06. The molecule has 1 fully saturated rings. The van der Waals surface area contributed by atoms with Gasteiger partial charge in [-0.2, -0.15) is 0 Å². The molecule has 3 heteroatoms. The van der Waals surface area contributed by atoms with Crippen LogP contribution in [0.15, 0.2) is 18.2 Å². The van der Waals surface area contributed by atoms with Gasteiger partial charge in [-0.05, 0) is 32.3 Å². The maximum Gasteiger partial charge on any atom is 0.128 e. The summed E-state index contributed by atoms with van der Waals surface area (Å²) in [6.07, 6.45) is 3.53. The summed E-state index contributed by atoms with van der Waals surface area (Å²) in [4.78, 5) is 0. The summed E-state index contributed by atoms with van der Waals surface area (Å²) in [6.45, 7) is 4.90. The molecular formula is C15H22N2O. The molecule has 0 spiro atoms. The van der Waals surface area contributed by atoms with Crippen molar-refractivity contribution in [3.63, 3.8) is 0 Å². The Morgan fingerprint density at radius 3 is 2.89 bits per heavy atom. The number of rotatable bonds is 4. The van der Waals surface area contributed by atoms with E-state index in [4.69, 9.17) is 10.5 Å². The molecule has 1 aliphatic carbocycles. The van der Waals surface area contributed by atoms with E-state index in [0.717, 1.165) is 12.2 Å². The summed E-state index contributed by atoms with van der Waals surface area (Å²) in [5.41, 5.74) is 8.38. The van der Waals surface area contributed by atoms with Crippen LogP contribution in [0.3, 0.4) is 0 Å². The minimum atomic E-state index is -0.0861. The lowest BCUT2D eigenvalue weighted by Gasteiger charge is -2.22. The van der Waals surface area contributed by atoms with Crippen molar-refractivity contribution in [3.05, 3.63) is 29.3 Å². The highest BCUT2D eigenvalue weighted by Crippen LogP contribution is 2.40. The Labute approximate surface area is 109 Å². The molecule has 3 rings (SSSR count). The van der Waals surface area contributed by atoms with E-state index in [-0.39, 0.29) is 11.6 Å². The highest BCUT2D eigenvalue weighted by atomic mass is 16.5. The van der Waals surface area contributed by atoms with E-state index in [0.29, 0.717) is 12.6 Å². The number of ether oxygens (including phenoxy) is 1. The van der Waals surface area contributed by atoms with E-state index in [1.165, 1.54) is 24.0 Å². The van der Waals surface area contributed by atoms with E-state index < -0.39 is 0 Å². The lowest BCUT2D eigenvalue weighted by molar-refractivity contribution is 0.136. The highest BCUT2D eigenvalue weighted by Gasteiger charge is 2.34. The molecule has 98 valence electrons. The normalized spacial score (nSPS) is 22.4. The Kier molecular flexibility index (Phi) is 2.83. The summed E-state index contributed by atoms with van der Waals surface area (Å²) in [6, 6.07) is 7.31. The maximum atomic E-state index is 6.11. The number of hydrogen-bond donors (Lipinski definition) is 2. The van der Waals surface area contributed by atoms with Gasteiger partial charge in [0.05, 0.1) is 0 Å². The Morgan fingerprint density at radius 2 is 2.22 bits per heavy atom. The summed E-state index contributed by atoms with van der Waals surface area (Å²) in [5, 5.41) is 3.61. The van der Waals surface area contributed by atoms with Gasteiger partial charge >= 0.3 is 0 Å². The smallest absolute Gasteiger partial charge is 0.128 e. The largest absolute Gasteiger partial charge is 0.487 e. The SMILES string of the molecule is CC1(C)Cc2cccc(C(CN)NC3CC3)c2O1. The average Bonchev–Trinajstić information content (AvgIpc) is 3.06. The van der Waals surface area contributed by atoms with Crippen LogP contribution in [0.4, 0.5) is 0 Å². The molecule has 1 atom stereocenters. The standard InChI is InChI=1S/C15H22N2O/c1-15(2)8-10-4-3-5-12(14(10)18-15)13(9-16)17-11-6-7-11/h3-5,11,13,17H,6-9,16H2,1-2H3. The maximum absolute atomic E-state index is 6.11. The monoisotopic (exact) mass is 246 g/mol. The summed E-state index contributed by atoms with van der Waals surface area (Å²) < 4.78 is 6.11. The molecule has 3 N–H and O–H groups in total. The Morgan fingerprint density at radius 1 is 1.44 bits per heavy atom. The van der Waals surface area contributed by atoms with Crippen molar-refractivity contribution in [1.82, 2.24) is 5.32 Å². The summed E-state index contributed by atoms with van der Waals surface area (Å²) in [7, 11) is 0. The summed E-state index contributed by atoms with van der Waals surface area (Å²) >= 11 is 0. The molecule has 2 aliphatic rings. The van der Waals surface area contributed by atoms with Crippen molar-refractivity contribution in [2.45, 2.75) is 50.8 Å². The van der Waals surface area contributed by atoms with Crippen molar-refractivity contribution in [2.24, 2.45) is 5.73 Å². The van der Waals surface area contributed by atoms with Crippen molar-refractivity contribution < 1.29 is 4.74 Å². The van der Waals surface area contributed by atoms with Crippen molar-refractivity contribution in [2.75, 3.05) is 6.54 Å². The van der Waals surface area contributed by atoms with Crippen LogP contribution < -0.4 is 15.8 Å². The Hall–Kier alpha value is -1.06. The third kappa shape index (κ3) is 2.25. The first-order chi connectivity index (χ1) is 8.59. The van der Waals surface area contributed by atoms with Crippen LogP contribution >= 0.6 is 0 Å². The molecule has 1 aromatic carbocycles. The van der Waals surface area contributed by atoms with E-state index >= 15 is 0 Å². The molecule has 1 heterocycles. The topological polar surface area (TPSA) is 47.3 Å². The zero-order valence-electron chi connectivity index (χ0n) is 11.2. The predicted molar refractivity (Wildman–Crippen MR) is 72.8 cm³/mol. The lowest BCUT2D eigenvalue weighted by atomic mass is 9.98. The van der Waals surface area contributed by atoms with Crippen molar-refractivity contribution in [1.29, 1.82) is 0 Å². The van der Waals surface area contributed by atoms with Gasteiger partial charge in [-0.1, -0.05) is 18.2 Å². The van der Waals surface area contributed by atoms with Gasteiger partial charge in [-0.3, -0.25) is 0 Å². The first-order valence-electron chi connectivity index (χ1n) is 6.86. The quantitative estimate of drug-likeness (QED) is 0.855. The van der Waals surface area contributed by atoms with Crippen LogP contribution in [0.2, 0.25) is 0 Å². The van der Waals surface area contributed by atoms with Crippen LogP contribution in [0.25, 0.3) is 0 Å². The molecule has 0 radical (unpaired) electrons. The van der Waals surface area contributed by atoms with Gasteiger partial charge in [0, 0.05) is 30.6 Å². The van der Waals surface area contributed by atoms with Gasteiger partial charge in [-0.25, -0.2) is 0 Å². The van der Waals surface area contributed by atoms with Crippen LogP contribution in [-0.4, -0.2) is 18.2 Å². The molecule has 0 bridgehead atoms. The fourth-order valence-electron chi connectivity index (χ4n) is 2.73. The first-order valence-corrected chi connectivity index (χ1v) is 6.86. The van der Waals surface area contributed by atoms with Gasteiger partial charge in [-0.15, -0.1) is 0 Å². The van der Waals surface area contributed by atoms with Crippen molar-refractivity contribution >= 4 is 0 Å². The second kappa shape index (κ2) is 4.25. The molecule has 0 amide bonds. The van der Waals surface area contributed by atoms with E-state index in [9.17, 15) is 0 Å². The minimum Gasteiger partial charge on any atom is -0.487 e. The molecule has 0 saturated heterocycles. The fourth-order valence-corrected chi connectivity index (χ4v) is 2.73. The van der Waals surface area contributed by atoms with Gasteiger partial charge in [0.1, 0.15) is 11.4 Å². The third-order valence-electron chi connectivity index (χ3n) is 3.75. The number of hydrogen-bond acceptors (Lipinski definition) is 3. The minimum absolute atomic E-state index is 0.0861. The van der Waals surface area contributed by atoms with Gasteiger partial charge in [0.15, 0.2) is 0 Å². The van der Waals surface area contributed by atoms with Crippen LogP contribution in [0, 0.1) is 0 Å². The number of fused-ring (bicyclic) bond motifs is 1. The predicted octanol–water partition coefficient (Wildman–Crippen LogP) is 2.15. The molecule has 1 saturated carbocycles. The molecule has 1 aliphatic heterocycles. The fraction of sp³-hybridized carbons (Fsp3) is 0.600. The molecule has 1 unspecified atom stereocenters. The number of benzene rings is 1. The van der Waals surface area contributed by atoms with Crippen LogP contribution in [-0.2, 0) is 6.42 Å². The Bertz CT molecular complexity index is 452. The van der Waals surface area contributed by atoms with Gasteiger partial charge in [0.2, 0.25) is 0 Å². The molecule has 3 nitrogen and oxygen atoms in total. The second-order valence-corrected chi connectivity index (χ2v) is 6.10. The molecular weight excluding hydrogens is 224 g/mol. The highest BCUT2D eigenvalue weighted by molar-refractivity contribution is 5.47. The number of nitrogens with one attached hydrogen (secondary N) is 1. The average molecular weight is 246 g/mol. The molecule has 0 aromatic heterocycles. The molecule has 18 heavy (non-hydrogen) atoms. The van der Waals surface area contributed by atoms with Crippen LogP contribution in [0.5, 0.6) is 5.75 Å². The number of para-hydroxylation sites is 1. The third-order valence-corrected chi connectivity index (χ3v) is 3.75. The van der Waals surface area contributed by atoms with Gasteiger partial charge < -0.3 is 15.8 Å². The van der Waals surface area contributed by atoms with Crippen molar-refractivity contribution in [3.8, 4) is 5.75 Å². The first kappa shape index (κ1) is 12.0. The lowest BCUT2D eigenvalue weighted by Crippen LogP contribution is -2.30. The van der Waals surface area contributed by atoms with E-state index in [1.54, 1.807) is 0 Å². The van der Waals surface area contributed by atoms with Gasteiger partial charge in [0.25, 0.3) is 0 Å². The zero-order valence-corrected chi connectivity index (χ0v) is 11.2. The Balaban J connectivity index is 1.90.